The molecular weight excluding hydrogens is 434 g/mol. The van der Waals surface area contributed by atoms with Crippen molar-refractivity contribution < 1.29 is 9.53 Å². The topological polar surface area (TPSA) is 63.5 Å². The first kappa shape index (κ1) is 23.3. The average Bonchev–Trinajstić information content (AvgIpc) is 3.31. The summed E-state index contributed by atoms with van der Waals surface area (Å²) in [4.78, 5) is 17.0. The number of ether oxygens (including phenoxy) is 1. The van der Waals surface area contributed by atoms with E-state index < -0.39 is 0 Å². The highest BCUT2D eigenvalue weighted by Gasteiger charge is 2.20. The fourth-order valence-corrected chi connectivity index (χ4v) is 4.87. The Hall–Kier alpha value is -2.84. The van der Waals surface area contributed by atoms with Crippen LogP contribution in [-0.2, 0) is 4.79 Å². The van der Waals surface area contributed by atoms with Gasteiger partial charge in [-0.1, -0.05) is 49.0 Å². The van der Waals surface area contributed by atoms with Gasteiger partial charge in [0.2, 0.25) is 5.91 Å². The summed E-state index contributed by atoms with van der Waals surface area (Å²) in [6, 6.07) is 18.0. The van der Waals surface area contributed by atoms with Crippen LogP contribution in [0.2, 0.25) is 0 Å². The van der Waals surface area contributed by atoms with Crippen LogP contribution >= 0.6 is 11.8 Å². The summed E-state index contributed by atoms with van der Waals surface area (Å²) in [6.45, 7) is 6.85. The van der Waals surface area contributed by atoms with E-state index in [1.165, 1.54) is 0 Å². The highest BCUT2D eigenvalue weighted by Crippen LogP contribution is 2.30. The Bertz CT molecular complexity index is 1050. The zero-order valence-electron chi connectivity index (χ0n) is 19.3. The zero-order chi connectivity index (χ0) is 23.0. The number of thioether (sulfide) groups is 1. The molecule has 0 radical (unpaired) electrons. The number of likely N-dealkylation sites (N-methyl/N-ethyl adjacent to an activating group) is 1. The van der Waals surface area contributed by atoms with Gasteiger partial charge in [-0.3, -0.25) is 9.36 Å². The summed E-state index contributed by atoms with van der Waals surface area (Å²) in [7, 11) is 1.66. The van der Waals surface area contributed by atoms with Gasteiger partial charge < -0.3 is 14.5 Å². The van der Waals surface area contributed by atoms with Gasteiger partial charge in [0.25, 0.3) is 0 Å². The molecule has 0 spiro atoms. The second-order valence-corrected chi connectivity index (χ2v) is 9.04. The Morgan fingerprint density at radius 3 is 2.55 bits per heavy atom. The molecule has 2 heterocycles. The van der Waals surface area contributed by atoms with Crippen molar-refractivity contribution in [1.82, 2.24) is 24.6 Å². The lowest BCUT2D eigenvalue weighted by Crippen LogP contribution is -2.48. The van der Waals surface area contributed by atoms with Gasteiger partial charge in [0.05, 0.1) is 7.11 Å². The van der Waals surface area contributed by atoms with Crippen molar-refractivity contribution >= 4 is 17.7 Å². The summed E-state index contributed by atoms with van der Waals surface area (Å²) in [5.41, 5.74) is 1.95. The number of rotatable bonds is 9. The number of piperazine rings is 1. The Morgan fingerprint density at radius 2 is 1.82 bits per heavy atom. The summed E-state index contributed by atoms with van der Waals surface area (Å²) in [6.07, 6.45) is 1.38. The smallest absolute Gasteiger partial charge is 0.222 e. The van der Waals surface area contributed by atoms with Gasteiger partial charge in [0, 0.05) is 49.6 Å². The summed E-state index contributed by atoms with van der Waals surface area (Å²) in [5.74, 6) is 2.62. The molecule has 1 aliphatic heterocycles. The lowest BCUT2D eigenvalue weighted by molar-refractivity contribution is -0.132. The van der Waals surface area contributed by atoms with Gasteiger partial charge in [-0.15, -0.1) is 10.2 Å². The van der Waals surface area contributed by atoms with Crippen molar-refractivity contribution in [2.24, 2.45) is 0 Å². The van der Waals surface area contributed by atoms with Crippen LogP contribution in [0.5, 0.6) is 5.75 Å². The van der Waals surface area contributed by atoms with Gasteiger partial charge in [-0.2, -0.15) is 0 Å². The van der Waals surface area contributed by atoms with E-state index in [0.29, 0.717) is 6.42 Å². The lowest BCUT2D eigenvalue weighted by Gasteiger charge is -2.34. The Balaban J connectivity index is 1.42. The number of nitrogens with zero attached hydrogens (tertiary/aromatic N) is 5. The largest absolute Gasteiger partial charge is 0.497 e. The number of benzene rings is 2. The second-order valence-electron chi connectivity index (χ2n) is 7.98. The van der Waals surface area contributed by atoms with Crippen molar-refractivity contribution in [3.63, 3.8) is 0 Å². The summed E-state index contributed by atoms with van der Waals surface area (Å²) >= 11 is 1.64. The third-order valence-electron chi connectivity index (χ3n) is 5.91. The lowest BCUT2D eigenvalue weighted by atomic mass is 10.2. The predicted octanol–water partition coefficient (Wildman–Crippen LogP) is 3.98. The molecule has 174 valence electrons. The number of carbonyl (C=O) groups is 1. The first-order chi connectivity index (χ1) is 16.2. The standard InChI is InChI=1S/C25H31N5O2S/c1-3-28-14-16-29(17-15-28)23(31)13-8-18-33-25-27-26-24(20-9-7-12-22(19-20)32-2)30(25)21-10-5-4-6-11-21/h4-7,9-12,19H,3,8,13-18H2,1-2H3. The van der Waals surface area contributed by atoms with E-state index in [0.717, 1.165) is 72.9 Å². The summed E-state index contributed by atoms with van der Waals surface area (Å²) < 4.78 is 7.47. The molecule has 0 aliphatic carbocycles. The van der Waals surface area contributed by atoms with E-state index >= 15 is 0 Å². The van der Waals surface area contributed by atoms with Crippen LogP contribution in [0, 0.1) is 0 Å². The molecule has 4 rings (SSSR count). The maximum absolute atomic E-state index is 12.6. The molecule has 0 saturated carbocycles. The maximum atomic E-state index is 12.6. The Kier molecular flexibility index (Phi) is 8.01. The van der Waals surface area contributed by atoms with Crippen molar-refractivity contribution in [3.05, 3.63) is 54.6 Å². The molecule has 0 bridgehead atoms. The monoisotopic (exact) mass is 465 g/mol. The van der Waals surface area contributed by atoms with Crippen LogP contribution in [0.4, 0.5) is 0 Å². The van der Waals surface area contributed by atoms with Gasteiger partial charge in [0.15, 0.2) is 11.0 Å². The SMILES string of the molecule is CCN1CCN(C(=O)CCCSc2nnc(-c3cccc(OC)c3)n2-c2ccccc2)CC1. The third-order valence-corrected chi connectivity index (χ3v) is 6.93. The van der Waals surface area contributed by atoms with Crippen LogP contribution in [0.3, 0.4) is 0 Å². The van der Waals surface area contributed by atoms with Gasteiger partial charge in [-0.25, -0.2) is 0 Å². The molecule has 7 nitrogen and oxygen atoms in total. The Labute approximate surface area is 199 Å². The fourth-order valence-electron chi connectivity index (χ4n) is 3.98. The van der Waals surface area contributed by atoms with Gasteiger partial charge in [-0.05, 0) is 37.2 Å². The average molecular weight is 466 g/mol. The van der Waals surface area contributed by atoms with Gasteiger partial charge >= 0.3 is 0 Å². The molecule has 1 aliphatic rings. The van der Waals surface area contributed by atoms with Crippen molar-refractivity contribution in [3.8, 4) is 22.8 Å². The molecule has 1 amide bonds. The molecule has 3 aromatic rings. The third kappa shape index (κ3) is 5.75. The van der Waals surface area contributed by atoms with E-state index in [9.17, 15) is 4.79 Å². The quantitative estimate of drug-likeness (QED) is 0.352. The summed E-state index contributed by atoms with van der Waals surface area (Å²) in [5, 5.41) is 9.80. The number of para-hydroxylation sites is 1. The number of methoxy groups -OCH3 is 1. The van der Waals surface area contributed by atoms with E-state index in [1.807, 2.05) is 47.4 Å². The molecule has 1 fully saturated rings. The highest BCUT2D eigenvalue weighted by molar-refractivity contribution is 7.99. The first-order valence-electron chi connectivity index (χ1n) is 11.5. The maximum Gasteiger partial charge on any atom is 0.222 e. The minimum atomic E-state index is 0.257. The molecule has 2 aromatic carbocycles. The number of carbonyl (C=O) groups excluding carboxylic acids is 1. The number of aromatic nitrogens is 3. The molecule has 8 heteroatoms. The van der Waals surface area contributed by atoms with Crippen LogP contribution < -0.4 is 4.74 Å². The van der Waals surface area contributed by atoms with E-state index in [-0.39, 0.29) is 5.91 Å². The van der Waals surface area contributed by atoms with Crippen molar-refractivity contribution in [1.29, 1.82) is 0 Å². The van der Waals surface area contributed by atoms with Crippen molar-refractivity contribution in [2.75, 3.05) is 45.6 Å². The number of amides is 1. The minimum absolute atomic E-state index is 0.257. The molecule has 0 atom stereocenters. The van der Waals surface area contributed by atoms with Crippen LogP contribution in [0.1, 0.15) is 19.8 Å². The van der Waals surface area contributed by atoms with E-state index in [2.05, 4.69) is 38.7 Å². The molecular formula is C25H31N5O2S. The van der Waals surface area contributed by atoms with Crippen molar-refractivity contribution in [2.45, 2.75) is 24.9 Å². The molecule has 0 unspecified atom stereocenters. The second kappa shape index (κ2) is 11.3. The van der Waals surface area contributed by atoms with E-state index in [1.54, 1.807) is 18.9 Å². The zero-order valence-corrected chi connectivity index (χ0v) is 20.1. The normalized spacial score (nSPS) is 14.4. The highest BCUT2D eigenvalue weighted by atomic mass is 32.2. The van der Waals surface area contributed by atoms with Crippen LogP contribution in [0.15, 0.2) is 59.8 Å². The number of hydrogen-bond donors (Lipinski definition) is 0. The first-order valence-corrected chi connectivity index (χ1v) is 12.5. The van der Waals surface area contributed by atoms with Crippen LogP contribution in [0.25, 0.3) is 17.1 Å². The molecule has 33 heavy (non-hydrogen) atoms. The molecule has 1 saturated heterocycles. The minimum Gasteiger partial charge on any atom is -0.497 e. The molecule has 0 N–H and O–H groups in total. The van der Waals surface area contributed by atoms with Gasteiger partial charge in [0.1, 0.15) is 5.75 Å². The Morgan fingerprint density at radius 1 is 1.03 bits per heavy atom. The van der Waals surface area contributed by atoms with E-state index in [4.69, 9.17) is 4.74 Å². The fraction of sp³-hybridized carbons (Fsp3) is 0.400. The number of hydrogen-bond acceptors (Lipinski definition) is 6. The predicted molar refractivity (Wildman–Crippen MR) is 132 cm³/mol. The van der Waals surface area contributed by atoms with Crippen LogP contribution in [-0.4, -0.2) is 76.1 Å². The molecule has 1 aromatic heterocycles.